The highest BCUT2D eigenvalue weighted by Gasteiger charge is 2.22. The molecule has 2 N–H and O–H groups in total. The number of nitrogens with zero attached hydrogens (tertiary/aromatic N) is 2. The molecule has 28 heavy (non-hydrogen) atoms. The molecule has 2 aromatic carbocycles. The van der Waals surface area contributed by atoms with Gasteiger partial charge in [0.15, 0.2) is 0 Å². The first-order chi connectivity index (χ1) is 13.5. The van der Waals surface area contributed by atoms with E-state index in [1.807, 2.05) is 48.1 Å². The molecule has 1 atom stereocenters. The topological polar surface area (TPSA) is 70.1 Å². The molecular weight excluding hydrogens is 370 g/mol. The zero-order valence-electron chi connectivity index (χ0n) is 16.4. The van der Waals surface area contributed by atoms with Crippen molar-refractivity contribution in [3.63, 3.8) is 0 Å². The molecule has 5 nitrogen and oxygen atoms in total. The van der Waals surface area contributed by atoms with E-state index in [9.17, 15) is 4.79 Å². The van der Waals surface area contributed by atoms with Crippen LogP contribution >= 0.6 is 11.8 Å². The highest BCUT2D eigenvalue weighted by molar-refractivity contribution is 7.99. The zero-order valence-corrected chi connectivity index (χ0v) is 17.2. The lowest BCUT2D eigenvalue weighted by Gasteiger charge is -2.13. The number of benzene rings is 2. The summed E-state index contributed by atoms with van der Waals surface area (Å²) in [7, 11) is 3.32. The Hall–Kier alpha value is -2.57. The third-order valence-corrected chi connectivity index (χ3v) is 5.90. The summed E-state index contributed by atoms with van der Waals surface area (Å²) in [6, 6.07) is 17.6. The van der Waals surface area contributed by atoms with E-state index >= 15 is 0 Å². The van der Waals surface area contributed by atoms with Crippen molar-refractivity contribution in [1.29, 1.82) is 0 Å². The lowest BCUT2D eigenvalue weighted by molar-refractivity contribution is 0.0597. The van der Waals surface area contributed by atoms with E-state index in [0.717, 1.165) is 39.6 Å². The number of carbonyl (C=O) groups excluding carboxylic acids is 1. The van der Waals surface area contributed by atoms with Crippen LogP contribution in [0.15, 0.2) is 64.5 Å². The molecule has 0 aliphatic heterocycles. The van der Waals surface area contributed by atoms with Crippen molar-refractivity contribution in [3.8, 4) is 11.3 Å². The van der Waals surface area contributed by atoms with E-state index in [-0.39, 0.29) is 12.0 Å². The van der Waals surface area contributed by atoms with Crippen molar-refractivity contribution in [2.75, 3.05) is 7.11 Å². The molecule has 0 saturated carbocycles. The first-order valence-corrected chi connectivity index (χ1v) is 10.1. The summed E-state index contributed by atoms with van der Waals surface area (Å²) in [6.07, 6.45) is 1.60. The summed E-state index contributed by atoms with van der Waals surface area (Å²) in [5.74, 6) is -0.347. The van der Waals surface area contributed by atoms with Crippen molar-refractivity contribution in [3.05, 3.63) is 65.7 Å². The number of nitrogens with two attached hydrogens (primary N) is 1. The minimum atomic E-state index is -0.347. The van der Waals surface area contributed by atoms with Crippen molar-refractivity contribution >= 4 is 17.7 Å². The number of ether oxygens (including phenoxy) is 1. The molecule has 0 aliphatic carbocycles. The Bertz CT molecular complexity index is 954. The number of aryl methyl sites for hydroxylation is 1. The van der Waals surface area contributed by atoms with Gasteiger partial charge >= 0.3 is 5.97 Å². The van der Waals surface area contributed by atoms with Gasteiger partial charge in [0.2, 0.25) is 0 Å². The summed E-state index contributed by atoms with van der Waals surface area (Å²) < 4.78 is 6.81. The van der Waals surface area contributed by atoms with Gasteiger partial charge in [0, 0.05) is 29.1 Å². The maximum Gasteiger partial charge on any atom is 0.339 e. The van der Waals surface area contributed by atoms with Crippen LogP contribution in [0.25, 0.3) is 11.3 Å². The van der Waals surface area contributed by atoms with Crippen LogP contribution in [-0.4, -0.2) is 28.9 Å². The molecule has 1 unspecified atom stereocenters. The fourth-order valence-electron chi connectivity index (χ4n) is 3.04. The molecule has 0 radical (unpaired) electrons. The van der Waals surface area contributed by atoms with E-state index in [2.05, 4.69) is 19.1 Å². The molecule has 1 aromatic heterocycles. The second-order valence-corrected chi connectivity index (χ2v) is 7.61. The number of rotatable bonds is 7. The molecule has 0 fully saturated rings. The maximum atomic E-state index is 12.2. The van der Waals surface area contributed by atoms with Crippen molar-refractivity contribution in [2.24, 2.45) is 12.8 Å². The van der Waals surface area contributed by atoms with Crippen molar-refractivity contribution < 1.29 is 9.53 Å². The monoisotopic (exact) mass is 395 g/mol. The molecule has 0 aliphatic rings. The Morgan fingerprint density at radius 1 is 1.18 bits per heavy atom. The van der Waals surface area contributed by atoms with Gasteiger partial charge in [-0.1, -0.05) is 61.2 Å². The number of aromatic nitrogens is 2. The van der Waals surface area contributed by atoms with Crippen LogP contribution < -0.4 is 5.73 Å². The molecule has 3 rings (SSSR count). The highest BCUT2D eigenvalue weighted by atomic mass is 32.2. The highest BCUT2D eigenvalue weighted by Crippen LogP contribution is 2.37. The smallest absolute Gasteiger partial charge is 0.339 e. The molecule has 1 heterocycles. The molecule has 0 amide bonds. The van der Waals surface area contributed by atoms with Crippen LogP contribution in [0.5, 0.6) is 0 Å². The standard InChI is InChI=1S/C22H25N3O2S/c1-4-16(23)14-18-20(15-10-6-5-7-11-15)24-25(2)21(18)28-19-13-9-8-12-17(19)22(26)27-3/h5-13,16H,4,14,23H2,1-3H3. The van der Waals surface area contributed by atoms with E-state index in [1.165, 1.54) is 18.9 Å². The van der Waals surface area contributed by atoms with Crippen LogP contribution in [0.2, 0.25) is 0 Å². The second-order valence-electron chi connectivity index (χ2n) is 6.58. The van der Waals surface area contributed by atoms with Gasteiger partial charge in [0.25, 0.3) is 0 Å². The van der Waals surface area contributed by atoms with Gasteiger partial charge < -0.3 is 10.5 Å². The van der Waals surface area contributed by atoms with Crippen LogP contribution in [0.4, 0.5) is 0 Å². The summed E-state index contributed by atoms with van der Waals surface area (Å²) in [5, 5.41) is 5.77. The van der Waals surface area contributed by atoms with E-state index in [1.54, 1.807) is 6.07 Å². The fraction of sp³-hybridized carbons (Fsp3) is 0.273. The predicted molar refractivity (Wildman–Crippen MR) is 113 cm³/mol. The first kappa shape index (κ1) is 20.2. The summed E-state index contributed by atoms with van der Waals surface area (Å²) >= 11 is 1.52. The van der Waals surface area contributed by atoms with Gasteiger partial charge in [0.05, 0.1) is 18.4 Å². The minimum absolute atomic E-state index is 0.0434. The van der Waals surface area contributed by atoms with Gasteiger partial charge in [-0.3, -0.25) is 4.68 Å². The van der Waals surface area contributed by atoms with Crippen LogP contribution in [0.1, 0.15) is 29.3 Å². The zero-order chi connectivity index (χ0) is 20.1. The Morgan fingerprint density at radius 2 is 1.86 bits per heavy atom. The summed E-state index contributed by atoms with van der Waals surface area (Å²) in [4.78, 5) is 13.0. The van der Waals surface area contributed by atoms with Gasteiger partial charge in [-0.05, 0) is 25.0 Å². The maximum absolute atomic E-state index is 12.2. The molecule has 146 valence electrons. The van der Waals surface area contributed by atoms with Crippen LogP contribution in [0, 0.1) is 0 Å². The number of hydrogen-bond donors (Lipinski definition) is 1. The number of esters is 1. The third-order valence-electron chi connectivity index (χ3n) is 4.62. The van der Waals surface area contributed by atoms with Gasteiger partial charge in [-0.15, -0.1) is 0 Å². The molecule has 0 saturated heterocycles. The Balaban J connectivity index is 2.09. The lowest BCUT2D eigenvalue weighted by atomic mass is 10.0. The molecule has 0 spiro atoms. The molecule has 3 aromatic rings. The van der Waals surface area contributed by atoms with Crippen LogP contribution in [0.3, 0.4) is 0 Å². The van der Waals surface area contributed by atoms with E-state index in [0.29, 0.717) is 5.56 Å². The molecular formula is C22H25N3O2S. The van der Waals surface area contributed by atoms with E-state index in [4.69, 9.17) is 15.6 Å². The minimum Gasteiger partial charge on any atom is -0.465 e. The lowest BCUT2D eigenvalue weighted by Crippen LogP contribution is -2.21. The SMILES string of the molecule is CCC(N)Cc1c(-c2ccccc2)nn(C)c1Sc1ccccc1C(=O)OC. The normalized spacial score (nSPS) is 12.0. The quantitative estimate of drug-likeness (QED) is 0.604. The Labute approximate surface area is 169 Å². The van der Waals surface area contributed by atoms with Crippen LogP contribution in [-0.2, 0) is 18.2 Å². The van der Waals surface area contributed by atoms with Gasteiger partial charge in [-0.2, -0.15) is 5.10 Å². The predicted octanol–water partition coefficient (Wildman–Crippen LogP) is 4.30. The second kappa shape index (κ2) is 9.08. The number of carbonyl (C=O) groups is 1. The van der Waals surface area contributed by atoms with Gasteiger partial charge in [-0.25, -0.2) is 4.79 Å². The number of hydrogen-bond acceptors (Lipinski definition) is 5. The summed E-state index contributed by atoms with van der Waals surface area (Å²) in [5.41, 5.74) is 9.95. The molecule has 6 heteroatoms. The van der Waals surface area contributed by atoms with Gasteiger partial charge in [0.1, 0.15) is 5.03 Å². The number of methoxy groups -OCH3 is 1. The van der Waals surface area contributed by atoms with E-state index < -0.39 is 0 Å². The first-order valence-electron chi connectivity index (χ1n) is 9.27. The molecule has 0 bridgehead atoms. The third kappa shape index (κ3) is 4.29. The van der Waals surface area contributed by atoms with Crippen molar-refractivity contribution in [2.45, 2.75) is 35.7 Å². The largest absolute Gasteiger partial charge is 0.465 e. The fourth-order valence-corrected chi connectivity index (χ4v) is 4.13. The Morgan fingerprint density at radius 3 is 2.54 bits per heavy atom. The average molecular weight is 396 g/mol. The summed E-state index contributed by atoms with van der Waals surface area (Å²) in [6.45, 7) is 2.09. The van der Waals surface area contributed by atoms with Crippen molar-refractivity contribution in [1.82, 2.24) is 9.78 Å². The Kier molecular flexibility index (Phi) is 6.54. The average Bonchev–Trinajstić information content (AvgIpc) is 3.03.